The van der Waals surface area contributed by atoms with Crippen molar-refractivity contribution in [1.82, 2.24) is 0 Å². The number of hydrogen-bond donors (Lipinski definition) is 1. The summed E-state index contributed by atoms with van der Waals surface area (Å²) in [5.74, 6) is 0.748. The van der Waals surface area contributed by atoms with Gasteiger partial charge in [-0.05, 0) is 49.3 Å². The summed E-state index contributed by atoms with van der Waals surface area (Å²) in [6.07, 6.45) is 5.30. The second kappa shape index (κ2) is 4.10. The van der Waals surface area contributed by atoms with E-state index in [1.54, 1.807) is 0 Å². The quantitative estimate of drug-likeness (QED) is 0.841. The predicted molar refractivity (Wildman–Crippen MR) is 67.5 cm³/mol. The largest absolute Gasteiger partial charge is 0.372 e. The molecule has 0 spiro atoms. The molecule has 0 aromatic heterocycles. The smallest absolute Gasteiger partial charge is 0.0366 e. The van der Waals surface area contributed by atoms with E-state index in [2.05, 4.69) is 29.2 Å². The minimum Gasteiger partial charge on any atom is -0.372 e. The molecule has 2 fully saturated rings. The Balaban J connectivity index is 1.73. The molecule has 0 unspecified atom stereocenters. The highest BCUT2D eigenvalue weighted by atomic mass is 15.1. The minimum absolute atomic E-state index is 0.271. The number of anilines is 1. The lowest BCUT2D eigenvalue weighted by atomic mass is 10.0. The van der Waals surface area contributed by atoms with Crippen LogP contribution in [0.2, 0.25) is 0 Å². The number of nitrogens with two attached hydrogens (primary N) is 1. The van der Waals surface area contributed by atoms with Crippen LogP contribution in [0.5, 0.6) is 0 Å². The molecule has 16 heavy (non-hydrogen) atoms. The van der Waals surface area contributed by atoms with Gasteiger partial charge < -0.3 is 10.6 Å². The molecule has 2 N–H and O–H groups in total. The van der Waals surface area contributed by atoms with E-state index in [9.17, 15) is 0 Å². The highest BCUT2D eigenvalue weighted by molar-refractivity contribution is 5.48. The van der Waals surface area contributed by atoms with Gasteiger partial charge in [-0.15, -0.1) is 0 Å². The molecule has 1 heterocycles. The molecule has 3 rings (SSSR count). The van der Waals surface area contributed by atoms with Crippen molar-refractivity contribution in [2.45, 2.75) is 31.7 Å². The topological polar surface area (TPSA) is 29.3 Å². The van der Waals surface area contributed by atoms with Gasteiger partial charge in [-0.3, -0.25) is 0 Å². The van der Waals surface area contributed by atoms with Crippen molar-refractivity contribution in [3.8, 4) is 0 Å². The predicted octanol–water partition coefficient (Wildman–Crippen LogP) is 2.70. The van der Waals surface area contributed by atoms with Crippen LogP contribution in [0.1, 0.15) is 37.3 Å². The third-order valence-electron chi connectivity index (χ3n) is 3.88. The average Bonchev–Trinajstić information content (AvgIpc) is 3.04. The molecule has 1 saturated heterocycles. The molecule has 86 valence electrons. The highest BCUT2D eigenvalue weighted by Crippen LogP contribution is 2.39. The maximum absolute atomic E-state index is 6.19. The third kappa shape index (κ3) is 1.94. The Bertz CT molecular complexity index is 327. The lowest BCUT2D eigenvalue weighted by molar-refractivity contribution is 0.633. The molecule has 1 aliphatic heterocycles. The molecule has 1 saturated carbocycles. The first-order chi connectivity index (χ1) is 7.84. The Morgan fingerprint density at radius 3 is 2.25 bits per heavy atom. The molecule has 0 amide bonds. The fraction of sp³-hybridized carbons (Fsp3) is 0.571. The Morgan fingerprint density at radius 2 is 1.69 bits per heavy atom. The summed E-state index contributed by atoms with van der Waals surface area (Å²) in [4.78, 5) is 2.46. The normalized spacial score (nSPS) is 22.4. The second-order valence-electron chi connectivity index (χ2n) is 5.15. The van der Waals surface area contributed by atoms with Crippen LogP contribution in [0.15, 0.2) is 24.3 Å². The van der Waals surface area contributed by atoms with Gasteiger partial charge in [0.05, 0.1) is 0 Å². The number of benzene rings is 1. The first kappa shape index (κ1) is 10.2. The van der Waals surface area contributed by atoms with Gasteiger partial charge >= 0.3 is 0 Å². The van der Waals surface area contributed by atoms with Crippen molar-refractivity contribution in [3.05, 3.63) is 29.8 Å². The molecule has 1 aromatic carbocycles. The molecular weight excluding hydrogens is 196 g/mol. The summed E-state index contributed by atoms with van der Waals surface area (Å²) in [6.45, 7) is 2.43. The van der Waals surface area contributed by atoms with Gasteiger partial charge in [0.2, 0.25) is 0 Å². The zero-order valence-electron chi connectivity index (χ0n) is 9.73. The zero-order valence-corrected chi connectivity index (χ0v) is 9.73. The van der Waals surface area contributed by atoms with Gasteiger partial charge in [0.1, 0.15) is 0 Å². The summed E-state index contributed by atoms with van der Waals surface area (Å²) in [6, 6.07) is 9.19. The summed E-state index contributed by atoms with van der Waals surface area (Å²) in [5, 5.41) is 0. The van der Waals surface area contributed by atoms with Crippen molar-refractivity contribution < 1.29 is 0 Å². The highest BCUT2D eigenvalue weighted by Gasteiger charge is 2.29. The van der Waals surface area contributed by atoms with Crippen molar-refractivity contribution in [3.63, 3.8) is 0 Å². The van der Waals surface area contributed by atoms with Gasteiger partial charge in [0.25, 0.3) is 0 Å². The van der Waals surface area contributed by atoms with Gasteiger partial charge in [0.15, 0.2) is 0 Å². The molecule has 2 aliphatic rings. The second-order valence-corrected chi connectivity index (χ2v) is 5.15. The first-order valence-electron chi connectivity index (χ1n) is 6.45. The summed E-state index contributed by atoms with van der Waals surface area (Å²) < 4.78 is 0. The summed E-state index contributed by atoms with van der Waals surface area (Å²) >= 11 is 0. The Kier molecular flexibility index (Phi) is 2.60. The van der Waals surface area contributed by atoms with Crippen LogP contribution in [-0.2, 0) is 0 Å². The molecule has 2 heteroatoms. The summed E-state index contributed by atoms with van der Waals surface area (Å²) in [7, 11) is 0. The molecule has 1 aromatic rings. The van der Waals surface area contributed by atoms with E-state index in [1.807, 2.05) is 0 Å². The molecule has 2 nitrogen and oxygen atoms in total. The van der Waals surface area contributed by atoms with Crippen molar-refractivity contribution >= 4 is 5.69 Å². The third-order valence-corrected chi connectivity index (χ3v) is 3.88. The molecule has 0 radical (unpaired) electrons. The van der Waals surface area contributed by atoms with Crippen LogP contribution in [0.3, 0.4) is 0 Å². The van der Waals surface area contributed by atoms with Gasteiger partial charge in [-0.2, -0.15) is 0 Å². The fourth-order valence-corrected chi connectivity index (χ4v) is 2.61. The van der Waals surface area contributed by atoms with Gasteiger partial charge in [-0.1, -0.05) is 12.1 Å². The lowest BCUT2D eigenvalue weighted by Crippen LogP contribution is -2.18. The number of rotatable bonds is 3. The van der Waals surface area contributed by atoms with Crippen LogP contribution in [0.4, 0.5) is 5.69 Å². The van der Waals surface area contributed by atoms with Gasteiger partial charge in [-0.25, -0.2) is 0 Å². The Hall–Kier alpha value is -1.02. The lowest BCUT2D eigenvalue weighted by Gasteiger charge is -2.19. The van der Waals surface area contributed by atoms with Crippen LogP contribution >= 0.6 is 0 Å². The Labute approximate surface area is 97.4 Å². The number of nitrogens with zero attached hydrogens (tertiary/aromatic N) is 1. The number of hydrogen-bond acceptors (Lipinski definition) is 2. The standard InChI is InChI=1S/C14H20N2/c15-14(11-3-4-11)12-5-7-13(8-6-12)16-9-1-2-10-16/h5-8,11,14H,1-4,9-10,15H2/t14-/m0/s1. The first-order valence-corrected chi connectivity index (χ1v) is 6.45. The van der Waals surface area contributed by atoms with Gasteiger partial charge in [0, 0.05) is 24.8 Å². The fourth-order valence-electron chi connectivity index (χ4n) is 2.61. The van der Waals surface area contributed by atoms with E-state index in [0.29, 0.717) is 0 Å². The van der Waals surface area contributed by atoms with Crippen molar-refractivity contribution in [2.75, 3.05) is 18.0 Å². The maximum Gasteiger partial charge on any atom is 0.0366 e. The SMILES string of the molecule is N[C@H](c1ccc(N2CCCC2)cc1)C1CC1. The van der Waals surface area contributed by atoms with E-state index in [0.717, 1.165) is 5.92 Å². The van der Waals surface area contributed by atoms with E-state index >= 15 is 0 Å². The van der Waals surface area contributed by atoms with E-state index in [1.165, 1.54) is 50.0 Å². The molecule has 1 aliphatic carbocycles. The van der Waals surface area contributed by atoms with E-state index in [-0.39, 0.29) is 6.04 Å². The maximum atomic E-state index is 6.19. The minimum atomic E-state index is 0.271. The van der Waals surface area contributed by atoms with Crippen LogP contribution in [0.25, 0.3) is 0 Å². The molecular formula is C14H20N2. The van der Waals surface area contributed by atoms with Crippen LogP contribution < -0.4 is 10.6 Å². The summed E-state index contributed by atoms with van der Waals surface area (Å²) in [5.41, 5.74) is 8.87. The van der Waals surface area contributed by atoms with Crippen LogP contribution in [-0.4, -0.2) is 13.1 Å². The van der Waals surface area contributed by atoms with Crippen molar-refractivity contribution in [1.29, 1.82) is 0 Å². The van der Waals surface area contributed by atoms with E-state index < -0.39 is 0 Å². The van der Waals surface area contributed by atoms with Crippen LogP contribution in [0, 0.1) is 5.92 Å². The average molecular weight is 216 g/mol. The molecule has 1 atom stereocenters. The Morgan fingerprint density at radius 1 is 1.06 bits per heavy atom. The van der Waals surface area contributed by atoms with E-state index in [4.69, 9.17) is 5.73 Å². The van der Waals surface area contributed by atoms with Crippen molar-refractivity contribution in [2.24, 2.45) is 11.7 Å². The molecule has 0 bridgehead atoms. The monoisotopic (exact) mass is 216 g/mol. The zero-order chi connectivity index (χ0) is 11.0.